The van der Waals surface area contributed by atoms with Gasteiger partial charge in [0.15, 0.2) is 0 Å². The van der Waals surface area contributed by atoms with E-state index in [9.17, 15) is 0 Å². The third-order valence-electron chi connectivity index (χ3n) is 3.26. The first-order chi connectivity index (χ1) is 8.18. The Hall–Kier alpha value is -0.860. The van der Waals surface area contributed by atoms with Crippen molar-refractivity contribution in [2.45, 2.75) is 19.3 Å². The zero-order valence-corrected chi connectivity index (χ0v) is 13.0. The SMILES string of the molecule is C[N+](C)(C)CCCCc1ccc([N+](C)(C)C)cc1. The molecule has 0 fully saturated rings. The lowest BCUT2D eigenvalue weighted by atomic mass is 10.1. The van der Waals surface area contributed by atoms with Crippen LogP contribution in [0.1, 0.15) is 18.4 Å². The average Bonchev–Trinajstić information content (AvgIpc) is 2.22. The van der Waals surface area contributed by atoms with Gasteiger partial charge in [-0.25, -0.2) is 0 Å². The lowest BCUT2D eigenvalue weighted by Crippen LogP contribution is -2.35. The van der Waals surface area contributed by atoms with Gasteiger partial charge in [-0.05, 0) is 37.0 Å². The average molecular weight is 250 g/mol. The van der Waals surface area contributed by atoms with Crippen LogP contribution in [0.15, 0.2) is 24.3 Å². The van der Waals surface area contributed by atoms with Gasteiger partial charge in [-0.3, -0.25) is 4.48 Å². The normalized spacial score (nSPS) is 12.8. The lowest BCUT2D eigenvalue weighted by Gasteiger charge is -2.24. The van der Waals surface area contributed by atoms with Crippen LogP contribution in [0.2, 0.25) is 0 Å². The topological polar surface area (TPSA) is 0 Å². The third kappa shape index (κ3) is 5.65. The summed E-state index contributed by atoms with van der Waals surface area (Å²) in [4.78, 5) is 0. The second-order valence-corrected chi connectivity index (χ2v) is 7.15. The molecule has 2 nitrogen and oxygen atoms in total. The number of unbranched alkanes of at least 4 members (excludes halogenated alkanes) is 1. The van der Waals surface area contributed by atoms with Crippen LogP contribution < -0.4 is 4.48 Å². The van der Waals surface area contributed by atoms with Gasteiger partial charge in [0.05, 0.1) is 48.8 Å². The van der Waals surface area contributed by atoms with Crippen molar-refractivity contribution in [2.75, 3.05) is 48.8 Å². The molecule has 1 aromatic rings. The van der Waals surface area contributed by atoms with E-state index in [0.29, 0.717) is 0 Å². The summed E-state index contributed by atoms with van der Waals surface area (Å²) in [6.45, 7) is 1.26. The van der Waals surface area contributed by atoms with Crippen molar-refractivity contribution in [1.82, 2.24) is 4.48 Å². The van der Waals surface area contributed by atoms with Gasteiger partial charge in [0.1, 0.15) is 5.69 Å². The van der Waals surface area contributed by atoms with Crippen LogP contribution in [0.5, 0.6) is 0 Å². The Labute approximate surface area is 113 Å². The highest BCUT2D eigenvalue weighted by atomic mass is 15.3. The fourth-order valence-corrected chi connectivity index (χ4v) is 2.03. The van der Waals surface area contributed by atoms with E-state index in [0.717, 1.165) is 8.97 Å². The van der Waals surface area contributed by atoms with Crippen LogP contribution in [-0.4, -0.2) is 53.3 Å². The Balaban J connectivity index is 2.41. The lowest BCUT2D eigenvalue weighted by molar-refractivity contribution is -0.870. The van der Waals surface area contributed by atoms with E-state index in [1.54, 1.807) is 0 Å². The fourth-order valence-electron chi connectivity index (χ4n) is 2.03. The molecule has 0 radical (unpaired) electrons. The summed E-state index contributed by atoms with van der Waals surface area (Å²) in [5.74, 6) is 0. The van der Waals surface area contributed by atoms with Crippen LogP contribution in [0.25, 0.3) is 0 Å². The highest BCUT2D eigenvalue weighted by Gasteiger charge is 2.11. The largest absolute Gasteiger partial charge is 0.331 e. The molecule has 0 heterocycles. The van der Waals surface area contributed by atoms with Gasteiger partial charge in [-0.2, -0.15) is 0 Å². The Kier molecular flexibility index (Phi) is 4.94. The maximum absolute atomic E-state index is 2.28. The number of hydrogen-bond acceptors (Lipinski definition) is 0. The summed E-state index contributed by atoms with van der Waals surface area (Å²) < 4.78 is 1.96. The molecule has 1 aromatic carbocycles. The predicted octanol–water partition coefficient (Wildman–Crippen LogP) is 2.91. The summed E-state index contributed by atoms with van der Waals surface area (Å²) in [7, 11) is 13.4. The molecule has 0 spiro atoms. The number of rotatable bonds is 6. The molecule has 0 saturated heterocycles. The molecule has 0 aromatic heterocycles. The number of benzene rings is 1. The van der Waals surface area contributed by atoms with Gasteiger partial charge < -0.3 is 4.48 Å². The van der Waals surface area contributed by atoms with Crippen LogP contribution >= 0.6 is 0 Å². The maximum Gasteiger partial charge on any atom is 0.132 e. The van der Waals surface area contributed by atoms with Gasteiger partial charge in [0.25, 0.3) is 0 Å². The predicted molar refractivity (Wildman–Crippen MR) is 81.8 cm³/mol. The molecule has 102 valence electrons. The van der Waals surface area contributed by atoms with Gasteiger partial charge in [-0.15, -0.1) is 0 Å². The van der Waals surface area contributed by atoms with E-state index in [2.05, 4.69) is 66.6 Å². The molecule has 0 N–H and O–H groups in total. The second kappa shape index (κ2) is 5.85. The summed E-state index contributed by atoms with van der Waals surface area (Å²) in [5.41, 5.74) is 2.83. The molecule has 0 amide bonds. The molecule has 0 saturated carbocycles. The minimum atomic E-state index is 0.891. The minimum absolute atomic E-state index is 0.891. The van der Waals surface area contributed by atoms with E-state index in [1.807, 2.05) is 0 Å². The van der Waals surface area contributed by atoms with Crippen molar-refractivity contribution in [3.63, 3.8) is 0 Å². The van der Waals surface area contributed by atoms with Crippen LogP contribution in [0, 0.1) is 0 Å². The van der Waals surface area contributed by atoms with Gasteiger partial charge in [0.2, 0.25) is 0 Å². The first-order valence-electron chi connectivity index (χ1n) is 6.90. The van der Waals surface area contributed by atoms with E-state index >= 15 is 0 Å². The second-order valence-electron chi connectivity index (χ2n) is 7.15. The molecular formula is C16H30N2+2. The monoisotopic (exact) mass is 250 g/mol. The standard InChI is InChI=1S/C16H30N2/c1-17(2,3)14-8-7-9-15-10-12-16(13-11-15)18(4,5)6/h10-13H,7-9,14H2,1-6H3/q+2. The molecule has 0 unspecified atom stereocenters. The van der Waals surface area contributed by atoms with Crippen molar-refractivity contribution < 1.29 is 4.48 Å². The zero-order chi connectivity index (χ0) is 13.8. The Morgan fingerprint density at radius 2 is 1.33 bits per heavy atom. The molecule has 0 bridgehead atoms. The van der Waals surface area contributed by atoms with Crippen molar-refractivity contribution in [2.24, 2.45) is 0 Å². The first kappa shape index (κ1) is 15.2. The molecule has 0 aliphatic carbocycles. The summed E-state index contributed by atoms with van der Waals surface area (Å²) in [6.07, 6.45) is 3.80. The third-order valence-corrected chi connectivity index (χ3v) is 3.26. The zero-order valence-electron chi connectivity index (χ0n) is 13.0. The van der Waals surface area contributed by atoms with E-state index in [-0.39, 0.29) is 0 Å². The molecule has 0 aliphatic rings. The van der Waals surface area contributed by atoms with Gasteiger partial charge >= 0.3 is 0 Å². The maximum atomic E-state index is 2.28. The number of aryl methyl sites for hydroxylation is 1. The molecule has 18 heavy (non-hydrogen) atoms. The summed E-state index contributed by atoms with van der Waals surface area (Å²) in [5, 5.41) is 0. The number of quaternary nitrogens is 2. The Bertz CT molecular complexity index is 352. The van der Waals surface area contributed by atoms with Crippen molar-refractivity contribution in [3.8, 4) is 0 Å². The van der Waals surface area contributed by atoms with Crippen LogP contribution in [0.3, 0.4) is 0 Å². The van der Waals surface area contributed by atoms with Crippen molar-refractivity contribution in [1.29, 1.82) is 0 Å². The highest BCUT2D eigenvalue weighted by molar-refractivity contribution is 5.42. The smallest absolute Gasteiger partial charge is 0.132 e. The quantitative estimate of drug-likeness (QED) is 0.538. The van der Waals surface area contributed by atoms with E-state index in [1.165, 1.54) is 37.1 Å². The summed E-state index contributed by atoms with van der Waals surface area (Å²) in [6, 6.07) is 9.08. The van der Waals surface area contributed by atoms with Crippen molar-refractivity contribution in [3.05, 3.63) is 29.8 Å². The van der Waals surface area contributed by atoms with E-state index < -0.39 is 0 Å². The number of nitrogens with zero attached hydrogens (tertiary/aromatic N) is 2. The molecule has 0 atom stereocenters. The van der Waals surface area contributed by atoms with Crippen molar-refractivity contribution >= 4 is 5.69 Å². The fraction of sp³-hybridized carbons (Fsp3) is 0.625. The van der Waals surface area contributed by atoms with Crippen LogP contribution in [0.4, 0.5) is 5.69 Å². The van der Waals surface area contributed by atoms with Gasteiger partial charge in [-0.1, -0.05) is 12.1 Å². The molecule has 1 rings (SSSR count). The molecular weight excluding hydrogens is 220 g/mol. The van der Waals surface area contributed by atoms with E-state index in [4.69, 9.17) is 0 Å². The summed E-state index contributed by atoms with van der Waals surface area (Å²) >= 11 is 0. The number of hydrogen-bond donors (Lipinski definition) is 0. The molecule has 2 heteroatoms. The Morgan fingerprint density at radius 3 is 1.78 bits per heavy atom. The van der Waals surface area contributed by atoms with Gasteiger partial charge in [0, 0.05) is 0 Å². The minimum Gasteiger partial charge on any atom is -0.331 e. The highest BCUT2D eigenvalue weighted by Crippen LogP contribution is 2.18. The molecule has 0 aliphatic heterocycles. The first-order valence-corrected chi connectivity index (χ1v) is 6.90. The van der Waals surface area contributed by atoms with Crippen LogP contribution in [-0.2, 0) is 6.42 Å². The Morgan fingerprint density at radius 1 is 0.778 bits per heavy atom.